The first kappa shape index (κ1) is 17.5. The molecule has 3 rings (SSSR count). The van der Waals surface area contributed by atoms with Crippen molar-refractivity contribution < 1.29 is 9.84 Å². The minimum atomic E-state index is 0.316. The molecule has 1 aromatic heterocycles. The van der Waals surface area contributed by atoms with Gasteiger partial charge in [-0.25, -0.2) is 4.98 Å². The van der Waals surface area contributed by atoms with Gasteiger partial charge >= 0.3 is 0 Å². The van der Waals surface area contributed by atoms with Gasteiger partial charge in [-0.15, -0.1) is 0 Å². The number of benzene rings is 1. The fourth-order valence-corrected chi connectivity index (χ4v) is 3.18. The number of methoxy groups -OCH3 is 1. The average molecular weight is 338 g/mol. The van der Waals surface area contributed by atoms with Crippen LogP contribution in [0.4, 0.5) is 0 Å². The highest BCUT2D eigenvalue weighted by atomic mass is 16.5. The van der Waals surface area contributed by atoms with E-state index in [-0.39, 0.29) is 0 Å². The third kappa shape index (κ3) is 4.83. The SMILES string of the molecule is COc1cccc(-c2ccc(O)c(CNCCC3=CCCCC3)c2)n1. The lowest BCUT2D eigenvalue weighted by Crippen LogP contribution is -2.15. The van der Waals surface area contributed by atoms with Crippen molar-refractivity contribution in [1.82, 2.24) is 10.3 Å². The predicted octanol–water partition coefficient (Wildman–Crippen LogP) is 4.44. The van der Waals surface area contributed by atoms with E-state index in [0.29, 0.717) is 18.2 Å². The van der Waals surface area contributed by atoms with E-state index >= 15 is 0 Å². The number of allylic oxidation sites excluding steroid dienone is 1. The highest BCUT2D eigenvalue weighted by Crippen LogP contribution is 2.26. The summed E-state index contributed by atoms with van der Waals surface area (Å²) in [6.07, 6.45) is 8.60. The first-order chi connectivity index (χ1) is 12.3. The van der Waals surface area contributed by atoms with Gasteiger partial charge in [0, 0.05) is 23.7 Å². The molecule has 0 radical (unpaired) electrons. The van der Waals surface area contributed by atoms with Crippen molar-refractivity contribution in [3.8, 4) is 22.9 Å². The molecule has 1 aliphatic rings. The molecule has 1 heterocycles. The van der Waals surface area contributed by atoms with Crippen LogP contribution in [-0.2, 0) is 6.54 Å². The molecule has 2 N–H and O–H groups in total. The summed E-state index contributed by atoms with van der Waals surface area (Å²) in [7, 11) is 1.61. The smallest absolute Gasteiger partial charge is 0.213 e. The van der Waals surface area contributed by atoms with E-state index in [4.69, 9.17) is 4.74 Å². The van der Waals surface area contributed by atoms with Gasteiger partial charge in [-0.1, -0.05) is 17.7 Å². The van der Waals surface area contributed by atoms with Gasteiger partial charge in [-0.3, -0.25) is 0 Å². The molecule has 0 unspecified atom stereocenters. The third-order valence-corrected chi connectivity index (χ3v) is 4.63. The maximum absolute atomic E-state index is 10.1. The number of nitrogens with zero attached hydrogens (tertiary/aromatic N) is 1. The van der Waals surface area contributed by atoms with Gasteiger partial charge in [0.05, 0.1) is 12.8 Å². The van der Waals surface area contributed by atoms with Crippen LogP contribution in [0.1, 0.15) is 37.7 Å². The van der Waals surface area contributed by atoms with Gasteiger partial charge in [0.25, 0.3) is 0 Å². The van der Waals surface area contributed by atoms with E-state index in [1.165, 1.54) is 25.7 Å². The number of rotatable bonds is 7. The number of hydrogen-bond donors (Lipinski definition) is 2. The van der Waals surface area contributed by atoms with Gasteiger partial charge in [0.15, 0.2) is 0 Å². The average Bonchev–Trinajstić information content (AvgIpc) is 2.67. The van der Waals surface area contributed by atoms with Crippen LogP contribution in [-0.4, -0.2) is 23.7 Å². The number of pyridine rings is 1. The Labute approximate surface area is 149 Å². The molecule has 0 atom stereocenters. The topological polar surface area (TPSA) is 54.4 Å². The standard InChI is InChI=1S/C21H26N2O2/c1-25-21-9-5-8-19(23-21)17-10-11-20(24)18(14-17)15-22-13-12-16-6-3-2-4-7-16/h5-6,8-11,14,22,24H,2-4,7,12-13,15H2,1H3. The molecule has 0 saturated heterocycles. The molecule has 0 amide bonds. The summed E-state index contributed by atoms with van der Waals surface area (Å²) >= 11 is 0. The maximum atomic E-state index is 10.1. The van der Waals surface area contributed by atoms with Crippen LogP contribution in [0.15, 0.2) is 48.0 Å². The highest BCUT2D eigenvalue weighted by Gasteiger charge is 2.07. The van der Waals surface area contributed by atoms with Crippen LogP contribution in [0.5, 0.6) is 11.6 Å². The number of phenols is 1. The summed E-state index contributed by atoms with van der Waals surface area (Å²) in [6.45, 7) is 1.59. The minimum Gasteiger partial charge on any atom is -0.508 e. The van der Waals surface area contributed by atoms with Crippen LogP contribution in [0, 0.1) is 0 Å². The molecule has 4 heteroatoms. The zero-order valence-corrected chi connectivity index (χ0v) is 14.8. The van der Waals surface area contributed by atoms with Crippen LogP contribution >= 0.6 is 0 Å². The Balaban J connectivity index is 1.62. The van der Waals surface area contributed by atoms with E-state index in [1.54, 1.807) is 18.7 Å². The van der Waals surface area contributed by atoms with E-state index < -0.39 is 0 Å². The van der Waals surface area contributed by atoms with Gasteiger partial charge in [0.2, 0.25) is 5.88 Å². The quantitative estimate of drug-likeness (QED) is 0.579. The van der Waals surface area contributed by atoms with E-state index in [9.17, 15) is 5.11 Å². The lowest BCUT2D eigenvalue weighted by molar-refractivity contribution is 0.398. The third-order valence-electron chi connectivity index (χ3n) is 4.63. The summed E-state index contributed by atoms with van der Waals surface area (Å²) in [4.78, 5) is 4.46. The monoisotopic (exact) mass is 338 g/mol. The molecule has 0 saturated carbocycles. The van der Waals surface area contributed by atoms with Crippen molar-refractivity contribution in [2.45, 2.75) is 38.6 Å². The van der Waals surface area contributed by atoms with E-state index in [0.717, 1.165) is 29.8 Å². The summed E-state index contributed by atoms with van der Waals surface area (Å²) in [6, 6.07) is 11.3. The normalized spacial score (nSPS) is 14.2. The van der Waals surface area contributed by atoms with E-state index in [2.05, 4.69) is 16.4 Å². The second kappa shape index (κ2) is 8.67. The zero-order chi connectivity index (χ0) is 17.5. The molecule has 132 valence electrons. The molecule has 4 nitrogen and oxygen atoms in total. The largest absolute Gasteiger partial charge is 0.508 e. The Morgan fingerprint density at radius 1 is 1.20 bits per heavy atom. The van der Waals surface area contributed by atoms with Crippen molar-refractivity contribution in [3.63, 3.8) is 0 Å². The summed E-state index contributed by atoms with van der Waals surface area (Å²) in [5, 5.41) is 13.6. The number of phenolic OH excluding ortho intramolecular Hbond substituents is 1. The first-order valence-corrected chi connectivity index (χ1v) is 8.98. The summed E-state index contributed by atoms with van der Waals surface area (Å²) < 4.78 is 5.19. The van der Waals surface area contributed by atoms with Crippen molar-refractivity contribution in [2.24, 2.45) is 0 Å². The molecule has 2 aromatic rings. The van der Waals surface area contributed by atoms with Crippen LogP contribution in [0.25, 0.3) is 11.3 Å². The van der Waals surface area contributed by atoms with E-state index in [1.807, 2.05) is 30.3 Å². The zero-order valence-electron chi connectivity index (χ0n) is 14.8. The number of aromatic hydroxyl groups is 1. The maximum Gasteiger partial charge on any atom is 0.213 e. The molecular formula is C21H26N2O2. The van der Waals surface area contributed by atoms with Crippen molar-refractivity contribution in [1.29, 1.82) is 0 Å². The van der Waals surface area contributed by atoms with Crippen LogP contribution < -0.4 is 10.1 Å². The molecule has 0 spiro atoms. The molecule has 0 bridgehead atoms. The first-order valence-electron chi connectivity index (χ1n) is 8.98. The fourth-order valence-electron chi connectivity index (χ4n) is 3.18. The lowest BCUT2D eigenvalue weighted by atomic mass is 9.97. The van der Waals surface area contributed by atoms with Crippen LogP contribution in [0.2, 0.25) is 0 Å². The van der Waals surface area contributed by atoms with Crippen LogP contribution in [0.3, 0.4) is 0 Å². The second-order valence-corrected chi connectivity index (χ2v) is 6.44. The summed E-state index contributed by atoms with van der Waals surface area (Å²) in [5.41, 5.74) is 4.27. The van der Waals surface area contributed by atoms with Gasteiger partial charge in [0.1, 0.15) is 5.75 Å². The van der Waals surface area contributed by atoms with Crippen molar-refractivity contribution in [2.75, 3.05) is 13.7 Å². The Bertz CT molecular complexity index is 740. The predicted molar refractivity (Wildman–Crippen MR) is 101 cm³/mol. The van der Waals surface area contributed by atoms with Crippen molar-refractivity contribution in [3.05, 3.63) is 53.6 Å². The number of aromatic nitrogens is 1. The molecule has 1 aromatic carbocycles. The lowest BCUT2D eigenvalue weighted by Gasteiger charge is -2.13. The molecule has 1 aliphatic carbocycles. The fraction of sp³-hybridized carbons (Fsp3) is 0.381. The van der Waals surface area contributed by atoms with Gasteiger partial charge in [-0.05, 0) is 62.9 Å². The second-order valence-electron chi connectivity index (χ2n) is 6.44. The number of ether oxygens (including phenoxy) is 1. The summed E-state index contributed by atoms with van der Waals surface area (Å²) in [5.74, 6) is 0.905. The highest BCUT2D eigenvalue weighted by molar-refractivity contribution is 5.62. The number of hydrogen-bond acceptors (Lipinski definition) is 4. The Morgan fingerprint density at radius 2 is 2.12 bits per heavy atom. The van der Waals surface area contributed by atoms with Gasteiger partial charge < -0.3 is 15.2 Å². The molecular weight excluding hydrogens is 312 g/mol. The molecule has 25 heavy (non-hydrogen) atoms. The Kier molecular flexibility index (Phi) is 6.07. The Hall–Kier alpha value is -2.33. The number of nitrogens with one attached hydrogen (secondary N) is 1. The Morgan fingerprint density at radius 3 is 2.92 bits per heavy atom. The molecule has 0 aliphatic heterocycles. The van der Waals surface area contributed by atoms with Crippen molar-refractivity contribution >= 4 is 0 Å². The minimum absolute atomic E-state index is 0.316. The molecule has 0 fully saturated rings. The van der Waals surface area contributed by atoms with Gasteiger partial charge in [-0.2, -0.15) is 0 Å².